The molecule has 40 heavy (non-hydrogen) atoms. The number of carbonyl (C=O) groups is 3. The van der Waals surface area contributed by atoms with E-state index in [1.807, 2.05) is 25.1 Å². The minimum atomic E-state index is -0.543. The number of benzene rings is 4. The van der Waals surface area contributed by atoms with Crippen molar-refractivity contribution >= 4 is 63.0 Å². The molecule has 0 atom stereocenters. The number of hydrogen-bond acceptors (Lipinski definition) is 6. The molecule has 9 heteroatoms. The first-order chi connectivity index (χ1) is 19.4. The molecule has 1 N–H and O–H groups in total. The van der Waals surface area contributed by atoms with Gasteiger partial charge in [0, 0.05) is 0 Å². The molecule has 3 amide bonds. The number of fused-ring (bicyclic) bond motifs is 1. The van der Waals surface area contributed by atoms with Gasteiger partial charge >= 0.3 is 0 Å². The topological polar surface area (TPSA) is 84.9 Å². The van der Waals surface area contributed by atoms with E-state index in [-0.39, 0.29) is 4.91 Å². The summed E-state index contributed by atoms with van der Waals surface area (Å²) >= 11 is 6.86. The third-order valence-electron chi connectivity index (χ3n) is 6.10. The molecule has 4 aromatic carbocycles. The summed E-state index contributed by atoms with van der Waals surface area (Å²) in [6, 6.07) is 26.4. The summed E-state index contributed by atoms with van der Waals surface area (Å²) in [6.07, 6.45) is 1.60. The molecule has 4 aromatic rings. The zero-order valence-corrected chi connectivity index (χ0v) is 23.1. The van der Waals surface area contributed by atoms with Crippen LogP contribution in [0, 0.1) is 0 Å². The molecule has 1 heterocycles. The number of anilines is 1. The fraction of sp³-hybridized carbons (Fsp3) is 0.129. The molecule has 7 nitrogen and oxygen atoms in total. The van der Waals surface area contributed by atoms with Gasteiger partial charge in [-0.3, -0.25) is 19.3 Å². The van der Waals surface area contributed by atoms with Gasteiger partial charge in [-0.2, -0.15) is 0 Å². The van der Waals surface area contributed by atoms with E-state index in [0.717, 1.165) is 33.0 Å². The van der Waals surface area contributed by atoms with Gasteiger partial charge in [0.2, 0.25) is 5.91 Å². The Morgan fingerprint density at radius 2 is 1.70 bits per heavy atom. The molecule has 1 saturated heterocycles. The Hall–Kier alpha value is -4.27. The number of amides is 3. The van der Waals surface area contributed by atoms with Crippen molar-refractivity contribution in [3.8, 4) is 11.5 Å². The lowest BCUT2D eigenvalue weighted by Crippen LogP contribution is -2.36. The van der Waals surface area contributed by atoms with Crippen LogP contribution in [0.4, 0.5) is 10.5 Å². The van der Waals surface area contributed by atoms with Crippen LogP contribution in [-0.2, 0) is 16.2 Å². The number of thioether (sulfide) groups is 1. The van der Waals surface area contributed by atoms with E-state index in [1.54, 1.807) is 48.5 Å². The lowest BCUT2D eigenvalue weighted by atomic mass is 10.1. The van der Waals surface area contributed by atoms with Crippen molar-refractivity contribution in [3.05, 3.63) is 106 Å². The maximum atomic E-state index is 13.0. The van der Waals surface area contributed by atoms with Crippen LogP contribution in [0.5, 0.6) is 11.5 Å². The number of ether oxygens (including phenoxy) is 2. The summed E-state index contributed by atoms with van der Waals surface area (Å²) in [5.74, 6) is 0.0222. The van der Waals surface area contributed by atoms with E-state index >= 15 is 0 Å². The first-order valence-electron chi connectivity index (χ1n) is 12.6. The molecule has 0 unspecified atom stereocenters. The van der Waals surface area contributed by atoms with Gasteiger partial charge in [0.15, 0.2) is 11.5 Å². The molecule has 202 valence electrons. The molecule has 0 aliphatic carbocycles. The van der Waals surface area contributed by atoms with E-state index in [4.69, 9.17) is 21.1 Å². The molecule has 0 saturated carbocycles. The Kier molecular flexibility index (Phi) is 8.38. The van der Waals surface area contributed by atoms with E-state index in [1.165, 1.54) is 0 Å². The Morgan fingerprint density at radius 1 is 0.925 bits per heavy atom. The highest BCUT2D eigenvalue weighted by Gasteiger charge is 2.36. The van der Waals surface area contributed by atoms with Crippen molar-refractivity contribution in [1.82, 2.24) is 4.90 Å². The van der Waals surface area contributed by atoms with Crippen molar-refractivity contribution in [3.63, 3.8) is 0 Å². The van der Waals surface area contributed by atoms with Crippen LogP contribution in [-0.4, -0.2) is 35.1 Å². The van der Waals surface area contributed by atoms with Gasteiger partial charge in [0.1, 0.15) is 13.2 Å². The van der Waals surface area contributed by atoms with Crippen molar-refractivity contribution < 1.29 is 23.9 Å². The monoisotopic (exact) mass is 572 g/mol. The fourth-order valence-corrected chi connectivity index (χ4v) is 5.20. The van der Waals surface area contributed by atoms with Gasteiger partial charge in [-0.15, -0.1) is 0 Å². The summed E-state index contributed by atoms with van der Waals surface area (Å²) in [5.41, 5.74) is 2.09. The SMILES string of the molecule is CCOc1cc(/C=C2/SC(=O)N(CC(=O)Nc3ccccc3Cl)C2=O)ccc1OCc1ccc2ccccc2c1. The second-order valence-electron chi connectivity index (χ2n) is 8.91. The first-order valence-corrected chi connectivity index (χ1v) is 13.8. The predicted octanol–water partition coefficient (Wildman–Crippen LogP) is 7.15. The molecule has 0 bridgehead atoms. The Labute approximate surface area is 240 Å². The van der Waals surface area contributed by atoms with Crippen LogP contribution < -0.4 is 14.8 Å². The van der Waals surface area contributed by atoms with Crippen molar-refractivity contribution in [2.24, 2.45) is 0 Å². The lowest BCUT2D eigenvalue weighted by Gasteiger charge is -2.14. The molecule has 0 radical (unpaired) electrons. The highest BCUT2D eigenvalue weighted by atomic mass is 35.5. The quantitative estimate of drug-likeness (QED) is 0.214. The third-order valence-corrected chi connectivity index (χ3v) is 7.33. The maximum Gasteiger partial charge on any atom is 0.294 e. The molecular formula is C31H25ClN2O5S. The number of hydrogen-bond donors (Lipinski definition) is 1. The Balaban J connectivity index is 1.27. The van der Waals surface area contributed by atoms with Crippen LogP contribution in [0.2, 0.25) is 5.02 Å². The highest BCUT2D eigenvalue weighted by Crippen LogP contribution is 2.35. The minimum absolute atomic E-state index is 0.211. The fourth-order valence-electron chi connectivity index (χ4n) is 4.18. The Morgan fingerprint density at radius 3 is 2.50 bits per heavy atom. The van der Waals surface area contributed by atoms with E-state index in [9.17, 15) is 14.4 Å². The van der Waals surface area contributed by atoms with Gasteiger partial charge in [-0.05, 0) is 77.0 Å². The average Bonchev–Trinajstić information content (AvgIpc) is 3.21. The number of nitrogens with one attached hydrogen (secondary N) is 1. The Bertz CT molecular complexity index is 1640. The summed E-state index contributed by atoms with van der Waals surface area (Å²) in [4.78, 5) is 39.1. The summed E-state index contributed by atoms with van der Waals surface area (Å²) in [5, 5.41) is 4.77. The second-order valence-corrected chi connectivity index (χ2v) is 10.3. The zero-order chi connectivity index (χ0) is 28.1. The van der Waals surface area contributed by atoms with E-state index in [0.29, 0.717) is 41.0 Å². The number of halogens is 1. The highest BCUT2D eigenvalue weighted by molar-refractivity contribution is 8.18. The van der Waals surface area contributed by atoms with Crippen LogP contribution in [0.1, 0.15) is 18.1 Å². The number of para-hydroxylation sites is 1. The van der Waals surface area contributed by atoms with Crippen LogP contribution in [0.15, 0.2) is 89.8 Å². The van der Waals surface area contributed by atoms with E-state index in [2.05, 4.69) is 29.6 Å². The van der Waals surface area contributed by atoms with Gasteiger partial charge in [0.25, 0.3) is 11.1 Å². The molecule has 5 rings (SSSR count). The van der Waals surface area contributed by atoms with Gasteiger partial charge in [-0.25, -0.2) is 0 Å². The normalized spacial score (nSPS) is 14.2. The first kappa shape index (κ1) is 27.3. The standard InChI is InChI=1S/C31H25ClN2O5S/c1-2-38-27-16-20(12-14-26(27)39-19-21-11-13-22-7-3-4-8-23(22)15-21)17-28-30(36)34(31(37)40-28)18-29(35)33-25-10-6-5-9-24(25)32/h3-17H,2,18-19H2,1H3,(H,33,35)/b28-17+. The average molecular weight is 573 g/mol. The molecule has 1 fully saturated rings. The van der Waals surface area contributed by atoms with Crippen molar-refractivity contribution in [2.75, 3.05) is 18.5 Å². The summed E-state index contributed by atoms with van der Waals surface area (Å²) in [7, 11) is 0. The largest absolute Gasteiger partial charge is 0.490 e. The summed E-state index contributed by atoms with van der Waals surface area (Å²) in [6.45, 7) is 2.24. The maximum absolute atomic E-state index is 13.0. The number of imide groups is 1. The smallest absolute Gasteiger partial charge is 0.294 e. The van der Waals surface area contributed by atoms with Crippen LogP contribution in [0.3, 0.4) is 0 Å². The van der Waals surface area contributed by atoms with Gasteiger partial charge in [0.05, 0.1) is 22.2 Å². The molecule has 0 aromatic heterocycles. The lowest BCUT2D eigenvalue weighted by molar-refractivity contribution is -0.127. The van der Waals surface area contributed by atoms with Crippen LogP contribution >= 0.6 is 23.4 Å². The molecule has 0 spiro atoms. The van der Waals surface area contributed by atoms with Crippen LogP contribution in [0.25, 0.3) is 16.8 Å². The summed E-state index contributed by atoms with van der Waals surface area (Å²) < 4.78 is 11.9. The molecule has 1 aliphatic heterocycles. The number of nitrogens with zero attached hydrogens (tertiary/aromatic N) is 1. The predicted molar refractivity (Wildman–Crippen MR) is 159 cm³/mol. The molecule has 1 aliphatic rings. The van der Waals surface area contributed by atoms with Gasteiger partial charge in [-0.1, -0.05) is 66.2 Å². The zero-order valence-electron chi connectivity index (χ0n) is 21.6. The minimum Gasteiger partial charge on any atom is -0.490 e. The van der Waals surface area contributed by atoms with Crippen molar-refractivity contribution in [1.29, 1.82) is 0 Å². The van der Waals surface area contributed by atoms with Crippen molar-refractivity contribution in [2.45, 2.75) is 13.5 Å². The van der Waals surface area contributed by atoms with Gasteiger partial charge < -0.3 is 14.8 Å². The second kappa shape index (κ2) is 12.3. The van der Waals surface area contributed by atoms with E-state index < -0.39 is 23.6 Å². The number of rotatable bonds is 9. The third kappa shape index (κ3) is 6.30. The number of carbonyl (C=O) groups excluding carboxylic acids is 3. The molecular weight excluding hydrogens is 548 g/mol.